The monoisotopic (exact) mass is 273 g/mol. The fourth-order valence-electron chi connectivity index (χ4n) is 2.84. The van der Waals surface area contributed by atoms with Crippen LogP contribution in [0.2, 0.25) is 0 Å². The van der Waals surface area contributed by atoms with E-state index >= 15 is 0 Å². The van der Waals surface area contributed by atoms with Gasteiger partial charge < -0.3 is 15.6 Å². The zero-order chi connectivity index (χ0) is 14.8. The molecule has 0 radical (unpaired) electrons. The molecule has 1 aromatic heterocycles. The third-order valence-electron chi connectivity index (χ3n) is 3.96. The van der Waals surface area contributed by atoms with E-state index in [-0.39, 0.29) is 5.41 Å². The molecule has 3 nitrogen and oxygen atoms in total. The van der Waals surface area contributed by atoms with Crippen LogP contribution in [0, 0.1) is 5.41 Å². The van der Waals surface area contributed by atoms with E-state index in [1.165, 1.54) is 22.0 Å². The van der Waals surface area contributed by atoms with Crippen LogP contribution in [0.25, 0.3) is 10.9 Å². The van der Waals surface area contributed by atoms with Gasteiger partial charge in [0.05, 0.1) is 0 Å². The summed E-state index contributed by atoms with van der Waals surface area (Å²) in [5.74, 6) is 0. The summed E-state index contributed by atoms with van der Waals surface area (Å²) < 4.78 is 0. The summed E-state index contributed by atoms with van der Waals surface area (Å²) in [6.07, 6.45) is 3.21. The Balaban J connectivity index is 2.18. The summed E-state index contributed by atoms with van der Waals surface area (Å²) in [5, 5.41) is 1.35. The van der Waals surface area contributed by atoms with E-state index in [1.807, 2.05) is 0 Å². The van der Waals surface area contributed by atoms with Gasteiger partial charge >= 0.3 is 0 Å². The highest BCUT2D eigenvalue weighted by molar-refractivity contribution is 5.86. The number of aromatic nitrogens is 1. The van der Waals surface area contributed by atoms with Gasteiger partial charge in [0.25, 0.3) is 0 Å². The Morgan fingerprint density at radius 2 is 2.00 bits per heavy atom. The van der Waals surface area contributed by atoms with Crippen LogP contribution in [-0.2, 0) is 13.0 Å². The van der Waals surface area contributed by atoms with Gasteiger partial charge in [-0.1, -0.05) is 39.0 Å². The van der Waals surface area contributed by atoms with E-state index in [0.717, 1.165) is 19.5 Å². The maximum Gasteiger partial charge on any atom is 0.0489 e. The molecule has 0 saturated carbocycles. The highest BCUT2D eigenvalue weighted by Crippen LogP contribution is 2.24. The van der Waals surface area contributed by atoms with Gasteiger partial charge in [-0.05, 0) is 36.6 Å². The highest BCUT2D eigenvalue weighted by Gasteiger charge is 2.18. The van der Waals surface area contributed by atoms with Crippen molar-refractivity contribution in [2.45, 2.75) is 33.7 Å². The molecule has 0 atom stereocenters. The van der Waals surface area contributed by atoms with Crippen LogP contribution in [0.15, 0.2) is 24.4 Å². The van der Waals surface area contributed by atoms with Gasteiger partial charge in [-0.25, -0.2) is 0 Å². The van der Waals surface area contributed by atoms with Crippen LogP contribution in [-0.4, -0.2) is 30.0 Å². The molecule has 0 aliphatic carbocycles. The first-order valence-electron chi connectivity index (χ1n) is 7.43. The Hall–Kier alpha value is -1.32. The number of hydrogen-bond acceptors (Lipinski definition) is 2. The molecular weight excluding hydrogens is 246 g/mol. The second-order valence-corrected chi connectivity index (χ2v) is 6.55. The minimum Gasteiger partial charge on any atom is -0.361 e. The molecular formula is C17H27N3. The second-order valence-electron chi connectivity index (χ2n) is 6.55. The first-order valence-corrected chi connectivity index (χ1v) is 7.43. The first-order chi connectivity index (χ1) is 9.46. The molecule has 0 fully saturated rings. The van der Waals surface area contributed by atoms with Crippen molar-refractivity contribution < 1.29 is 0 Å². The first kappa shape index (κ1) is 15.1. The molecule has 0 unspecified atom stereocenters. The number of aromatic amines is 1. The molecule has 0 aliphatic rings. The molecule has 2 aromatic rings. The largest absolute Gasteiger partial charge is 0.361 e. The van der Waals surface area contributed by atoms with E-state index in [0.29, 0.717) is 6.54 Å². The van der Waals surface area contributed by atoms with Crippen molar-refractivity contribution in [2.24, 2.45) is 11.1 Å². The number of fused-ring (bicyclic) bond motifs is 1. The van der Waals surface area contributed by atoms with Crippen molar-refractivity contribution in [3.8, 4) is 0 Å². The molecule has 0 aliphatic heterocycles. The van der Waals surface area contributed by atoms with Crippen LogP contribution in [0.5, 0.6) is 0 Å². The van der Waals surface area contributed by atoms with Crippen molar-refractivity contribution in [3.05, 3.63) is 35.5 Å². The van der Waals surface area contributed by atoms with Gasteiger partial charge in [-0.15, -0.1) is 0 Å². The quantitative estimate of drug-likeness (QED) is 0.849. The number of nitrogens with zero attached hydrogens (tertiary/aromatic N) is 1. The van der Waals surface area contributed by atoms with Crippen molar-refractivity contribution >= 4 is 10.9 Å². The summed E-state index contributed by atoms with van der Waals surface area (Å²) in [5.41, 5.74) is 10.0. The SMILES string of the molecule is CCc1cccc2c(CN(C)CC(C)(C)CN)c[nH]c12. The van der Waals surface area contributed by atoms with Gasteiger partial charge in [0.1, 0.15) is 0 Å². The normalized spacial score (nSPS) is 12.5. The number of aryl methyl sites for hydroxylation is 1. The maximum atomic E-state index is 5.82. The van der Waals surface area contributed by atoms with Crippen molar-refractivity contribution in [3.63, 3.8) is 0 Å². The standard InChI is InChI=1S/C17H27N3/c1-5-13-7-6-8-15-14(9-19-16(13)15)10-20(4)12-17(2,3)11-18/h6-9,19H,5,10-12,18H2,1-4H3. The predicted molar refractivity (Wildman–Crippen MR) is 86.8 cm³/mol. The molecule has 0 amide bonds. The van der Waals surface area contributed by atoms with Crippen molar-refractivity contribution in [1.29, 1.82) is 0 Å². The lowest BCUT2D eigenvalue weighted by molar-refractivity contribution is 0.210. The number of H-pyrrole nitrogens is 1. The molecule has 1 aromatic carbocycles. The molecule has 1 heterocycles. The average Bonchev–Trinajstić information content (AvgIpc) is 2.81. The molecule has 110 valence electrons. The summed E-state index contributed by atoms with van der Waals surface area (Å²) in [6, 6.07) is 6.56. The van der Waals surface area contributed by atoms with Gasteiger partial charge in [0.2, 0.25) is 0 Å². The van der Waals surface area contributed by atoms with E-state index < -0.39 is 0 Å². The smallest absolute Gasteiger partial charge is 0.0489 e. The number of hydrogen-bond donors (Lipinski definition) is 2. The van der Waals surface area contributed by atoms with E-state index in [4.69, 9.17) is 5.73 Å². The predicted octanol–water partition coefficient (Wildman–Crippen LogP) is 3.15. The van der Waals surface area contributed by atoms with Gasteiger partial charge in [-0.3, -0.25) is 0 Å². The number of benzene rings is 1. The van der Waals surface area contributed by atoms with E-state index in [9.17, 15) is 0 Å². The molecule has 3 N–H and O–H groups in total. The molecule has 2 rings (SSSR count). The minimum absolute atomic E-state index is 0.162. The number of rotatable bonds is 6. The third-order valence-corrected chi connectivity index (χ3v) is 3.96. The highest BCUT2D eigenvalue weighted by atomic mass is 15.1. The molecule has 0 spiro atoms. The Kier molecular flexibility index (Phi) is 4.51. The van der Waals surface area contributed by atoms with E-state index in [1.54, 1.807) is 0 Å². The Morgan fingerprint density at radius 3 is 2.65 bits per heavy atom. The number of nitrogens with two attached hydrogens (primary N) is 1. The molecule has 0 saturated heterocycles. The van der Waals surface area contributed by atoms with Crippen LogP contribution >= 0.6 is 0 Å². The average molecular weight is 273 g/mol. The summed E-state index contributed by atoms with van der Waals surface area (Å²) in [4.78, 5) is 5.79. The van der Waals surface area contributed by atoms with Gasteiger partial charge in [0.15, 0.2) is 0 Å². The number of para-hydroxylation sites is 1. The molecule has 0 bridgehead atoms. The molecule has 20 heavy (non-hydrogen) atoms. The lowest BCUT2D eigenvalue weighted by Crippen LogP contribution is -2.36. The van der Waals surface area contributed by atoms with Gasteiger partial charge in [0, 0.05) is 30.2 Å². The van der Waals surface area contributed by atoms with Gasteiger partial charge in [-0.2, -0.15) is 0 Å². The van der Waals surface area contributed by atoms with Crippen LogP contribution in [0.3, 0.4) is 0 Å². The fourth-order valence-corrected chi connectivity index (χ4v) is 2.84. The third kappa shape index (κ3) is 3.22. The van der Waals surface area contributed by atoms with Crippen molar-refractivity contribution in [2.75, 3.05) is 20.1 Å². The van der Waals surface area contributed by atoms with Crippen LogP contribution in [0.4, 0.5) is 0 Å². The fraction of sp³-hybridized carbons (Fsp3) is 0.529. The van der Waals surface area contributed by atoms with E-state index in [2.05, 4.69) is 62.1 Å². The Morgan fingerprint density at radius 1 is 1.25 bits per heavy atom. The summed E-state index contributed by atoms with van der Waals surface area (Å²) in [6.45, 7) is 9.30. The van der Waals surface area contributed by atoms with Crippen LogP contribution in [0.1, 0.15) is 31.9 Å². The lowest BCUT2D eigenvalue weighted by Gasteiger charge is -2.28. The van der Waals surface area contributed by atoms with Crippen LogP contribution < -0.4 is 5.73 Å². The Labute approximate surface area is 122 Å². The lowest BCUT2D eigenvalue weighted by atomic mass is 9.93. The summed E-state index contributed by atoms with van der Waals surface area (Å²) >= 11 is 0. The zero-order valence-electron chi connectivity index (χ0n) is 13.2. The Bertz CT molecular complexity index is 569. The summed E-state index contributed by atoms with van der Waals surface area (Å²) in [7, 11) is 2.17. The zero-order valence-corrected chi connectivity index (χ0v) is 13.2. The minimum atomic E-state index is 0.162. The molecule has 3 heteroatoms. The maximum absolute atomic E-state index is 5.82. The second kappa shape index (κ2) is 5.98. The number of nitrogens with one attached hydrogen (secondary N) is 1. The topological polar surface area (TPSA) is 45.0 Å². The van der Waals surface area contributed by atoms with Crippen molar-refractivity contribution in [1.82, 2.24) is 9.88 Å².